The van der Waals surface area contributed by atoms with Crippen LogP contribution in [0.15, 0.2) is 0 Å². The highest BCUT2D eigenvalue weighted by molar-refractivity contribution is 4.85. The first-order valence-corrected chi connectivity index (χ1v) is 7.48. The van der Waals surface area contributed by atoms with Crippen LogP contribution in [0.1, 0.15) is 46.5 Å². The van der Waals surface area contributed by atoms with E-state index >= 15 is 0 Å². The monoisotopic (exact) mass is 272 g/mol. The van der Waals surface area contributed by atoms with Crippen molar-refractivity contribution in [2.24, 2.45) is 11.3 Å². The molecule has 0 saturated carbocycles. The fourth-order valence-electron chi connectivity index (χ4n) is 3.46. The number of hydrogen-bond acceptors (Lipinski definition) is 5. The van der Waals surface area contributed by atoms with Gasteiger partial charge < -0.3 is 4.90 Å². The van der Waals surface area contributed by atoms with Crippen LogP contribution in [0, 0.1) is 11.3 Å². The first-order chi connectivity index (χ1) is 9.00. The van der Waals surface area contributed by atoms with Crippen molar-refractivity contribution >= 4 is 0 Å². The van der Waals surface area contributed by atoms with Gasteiger partial charge in [0, 0.05) is 19.1 Å². The Bertz CT molecular complexity index is 264. The van der Waals surface area contributed by atoms with Crippen LogP contribution in [0.2, 0.25) is 0 Å². The van der Waals surface area contributed by atoms with Crippen LogP contribution in [0.4, 0.5) is 0 Å². The van der Waals surface area contributed by atoms with Crippen LogP contribution in [0.25, 0.3) is 0 Å². The predicted molar refractivity (Wildman–Crippen MR) is 73.1 cm³/mol. The minimum atomic E-state index is 0.446. The van der Waals surface area contributed by atoms with Crippen molar-refractivity contribution in [2.75, 3.05) is 26.2 Å². The zero-order chi connectivity index (χ0) is 13.9. The lowest BCUT2D eigenvalue weighted by Crippen LogP contribution is -2.48. The van der Waals surface area contributed by atoms with E-state index in [9.17, 15) is 0 Å². The van der Waals surface area contributed by atoms with Crippen LogP contribution in [0.3, 0.4) is 0 Å². The zero-order valence-electron chi connectivity index (χ0n) is 12.5. The van der Waals surface area contributed by atoms with E-state index < -0.39 is 0 Å². The summed E-state index contributed by atoms with van der Waals surface area (Å²) in [6, 6.07) is 0.666. The van der Waals surface area contributed by atoms with Crippen molar-refractivity contribution in [3.05, 3.63) is 0 Å². The van der Waals surface area contributed by atoms with E-state index in [1.165, 1.54) is 25.9 Å². The van der Waals surface area contributed by atoms with E-state index in [1.807, 2.05) is 0 Å². The van der Waals surface area contributed by atoms with Gasteiger partial charge in [-0.15, -0.1) is 4.99 Å². The van der Waals surface area contributed by atoms with E-state index in [0.717, 1.165) is 31.8 Å². The van der Waals surface area contributed by atoms with E-state index in [2.05, 4.69) is 35.7 Å². The van der Waals surface area contributed by atoms with Gasteiger partial charge in [-0.05, 0) is 50.1 Å². The van der Waals surface area contributed by atoms with E-state index in [0.29, 0.717) is 11.5 Å². The van der Waals surface area contributed by atoms with Gasteiger partial charge in [-0.3, -0.25) is 0 Å². The van der Waals surface area contributed by atoms with Gasteiger partial charge in [0.05, 0.1) is 0 Å². The Morgan fingerprint density at radius 3 is 2.00 bits per heavy atom. The summed E-state index contributed by atoms with van der Waals surface area (Å²) in [7, 11) is 0. The molecule has 19 heavy (non-hydrogen) atoms. The Kier molecular flexibility index (Phi) is 5.20. The summed E-state index contributed by atoms with van der Waals surface area (Å²) < 4.78 is 0. The minimum absolute atomic E-state index is 0.446. The van der Waals surface area contributed by atoms with Crippen LogP contribution in [0.5, 0.6) is 0 Å². The third kappa shape index (κ3) is 4.13. The summed E-state index contributed by atoms with van der Waals surface area (Å²) in [4.78, 5) is 7.29. The number of hydrogen-bond donors (Lipinski definition) is 1. The second kappa shape index (κ2) is 6.50. The maximum absolute atomic E-state index is 8.26. The fourth-order valence-corrected chi connectivity index (χ4v) is 3.46. The van der Waals surface area contributed by atoms with Gasteiger partial charge in [0.2, 0.25) is 0 Å². The minimum Gasteiger partial charge on any atom is -0.300 e. The molecule has 5 heteroatoms. The number of piperidine rings is 2. The maximum atomic E-state index is 8.26. The molecule has 1 N–H and O–H groups in total. The molecule has 0 atom stereocenters. The van der Waals surface area contributed by atoms with Gasteiger partial charge in [0.1, 0.15) is 0 Å². The molecule has 5 nitrogen and oxygen atoms in total. The number of rotatable bonds is 3. The van der Waals surface area contributed by atoms with Gasteiger partial charge in [-0.2, -0.15) is 5.06 Å². The molecule has 0 unspecified atom stereocenters. The number of hydroxylamine groups is 2. The quantitative estimate of drug-likeness (QED) is 0.632. The van der Waals surface area contributed by atoms with E-state index in [-0.39, 0.29) is 0 Å². The number of likely N-dealkylation sites (tertiary alicyclic amines) is 1. The fraction of sp³-hybridized carbons (Fsp3) is 1.00. The molecule has 0 bridgehead atoms. The van der Waals surface area contributed by atoms with Crippen molar-refractivity contribution in [1.82, 2.24) is 9.96 Å². The highest BCUT2D eigenvalue weighted by Crippen LogP contribution is 2.35. The highest BCUT2D eigenvalue weighted by Gasteiger charge is 2.32. The second-order valence-electron chi connectivity index (χ2n) is 6.99. The first kappa shape index (κ1) is 15.2. The summed E-state index contributed by atoms with van der Waals surface area (Å²) >= 11 is 0. The summed E-state index contributed by atoms with van der Waals surface area (Å²) in [6.07, 6.45) is 4.81. The molecule has 0 amide bonds. The molecule has 0 aromatic carbocycles. The normalized spacial score (nSPS) is 25.9. The summed E-state index contributed by atoms with van der Waals surface area (Å²) in [5.74, 6) is 0.856. The van der Waals surface area contributed by atoms with Crippen molar-refractivity contribution in [3.63, 3.8) is 0 Å². The molecule has 2 fully saturated rings. The molecular formula is C14H28N2O3. The van der Waals surface area contributed by atoms with Gasteiger partial charge in [0.15, 0.2) is 0 Å². The predicted octanol–water partition coefficient (Wildman–Crippen LogP) is 2.55. The molecule has 2 heterocycles. The SMILES string of the molecule is CC(C)(C)C1CCN(C2CCN(OOO)CC2)CC1. The molecule has 0 spiro atoms. The Balaban J connectivity index is 1.74. The summed E-state index contributed by atoms with van der Waals surface area (Å²) in [6.45, 7) is 11.2. The molecule has 2 rings (SSSR count). The van der Waals surface area contributed by atoms with Crippen LogP contribution < -0.4 is 0 Å². The topological polar surface area (TPSA) is 45.2 Å². The highest BCUT2D eigenvalue weighted by atomic mass is 17.5. The molecule has 112 valence electrons. The van der Waals surface area contributed by atoms with Crippen molar-refractivity contribution in [3.8, 4) is 0 Å². The van der Waals surface area contributed by atoms with E-state index in [4.69, 9.17) is 5.26 Å². The van der Waals surface area contributed by atoms with Crippen LogP contribution in [-0.2, 0) is 10.0 Å². The molecule has 2 aliphatic rings. The standard InChI is InChI=1S/C14H28N2O3/c1-14(2,3)12-4-8-15(9-5-12)13-6-10-16(11-7-13)18-19-17/h12-13,17H,4-11H2,1-3H3. The Morgan fingerprint density at radius 1 is 0.947 bits per heavy atom. The third-order valence-electron chi connectivity index (χ3n) is 4.83. The van der Waals surface area contributed by atoms with Crippen LogP contribution >= 0.6 is 0 Å². The summed E-state index contributed by atoms with van der Waals surface area (Å²) in [5.41, 5.74) is 0.446. The van der Waals surface area contributed by atoms with Crippen molar-refractivity contribution < 1.29 is 15.3 Å². The lowest BCUT2D eigenvalue weighted by Gasteiger charge is -2.43. The Morgan fingerprint density at radius 2 is 1.53 bits per heavy atom. The van der Waals surface area contributed by atoms with Gasteiger partial charge in [-0.25, -0.2) is 5.26 Å². The zero-order valence-corrected chi connectivity index (χ0v) is 12.5. The second-order valence-corrected chi connectivity index (χ2v) is 6.99. The van der Waals surface area contributed by atoms with Gasteiger partial charge >= 0.3 is 0 Å². The van der Waals surface area contributed by atoms with E-state index in [1.54, 1.807) is 5.06 Å². The van der Waals surface area contributed by atoms with Crippen LogP contribution in [-0.4, -0.2) is 47.4 Å². The molecule has 0 radical (unpaired) electrons. The largest absolute Gasteiger partial charge is 0.300 e. The molecule has 2 saturated heterocycles. The summed E-state index contributed by atoms with van der Waals surface area (Å²) in [5, 5.41) is 13.7. The first-order valence-electron chi connectivity index (χ1n) is 7.48. The Labute approximate surface area is 116 Å². The molecule has 0 aliphatic carbocycles. The van der Waals surface area contributed by atoms with Crippen molar-refractivity contribution in [2.45, 2.75) is 52.5 Å². The number of nitrogens with zero attached hydrogens (tertiary/aromatic N) is 2. The third-order valence-corrected chi connectivity index (χ3v) is 4.83. The molecule has 2 aliphatic heterocycles. The molecule has 0 aromatic rings. The molecular weight excluding hydrogens is 244 g/mol. The lowest BCUT2D eigenvalue weighted by atomic mass is 9.75. The Hall–Kier alpha value is -0.200. The lowest BCUT2D eigenvalue weighted by molar-refractivity contribution is -0.567. The average molecular weight is 272 g/mol. The smallest absolute Gasteiger partial charge is 0.0286 e. The van der Waals surface area contributed by atoms with Gasteiger partial charge in [-0.1, -0.05) is 25.8 Å². The molecule has 0 aromatic heterocycles. The maximum Gasteiger partial charge on any atom is 0.0286 e. The van der Waals surface area contributed by atoms with Crippen molar-refractivity contribution in [1.29, 1.82) is 0 Å². The van der Waals surface area contributed by atoms with Gasteiger partial charge in [0.25, 0.3) is 0 Å². The average Bonchev–Trinajstić information content (AvgIpc) is 2.39.